The van der Waals surface area contributed by atoms with E-state index in [4.69, 9.17) is 5.11 Å². The Kier molecular flexibility index (Phi) is 4.49. The Morgan fingerprint density at radius 3 is 2.95 bits per heavy atom. The van der Waals surface area contributed by atoms with Crippen LogP contribution in [-0.4, -0.2) is 51.6 Å². The zero-order chi connectivity index (χ0) is 14.7. The SMILES string of the molecule is CN(Cc1cccc(F)c1)C(=O)N1CSC[C@H]1C(=O)O. The van der Waals surface area contributed by atoms with Crippen molar-refractivity contribution in [2.45, 2.75) is 12.6 Å². The van der Waals surface area contributed by atoms with Gasteiger partial charge in [-0.1, -0.05) is 12.1 Å². The van der Waals surface area contributed by atoms with Crippen molar-refractivity contribution in [1.29, 1.82) is 0 Å². The molecular formula is C13H15FN2O3S. The normalized spacial score (nSPS) is 18.1. The van der Waals surface area contributed by atoms with Gasteiger partial charge >= 0.3 is 12.0 Å². The number of nitrogens with zero attached hydrogens (tertiary/aromatic N) is 2. The van der Waals surface area contributed by atoms with Gasteiger partial charge in [0, 0.05) is 19.3 Å². The van der Waals surface area contributed by atoms with E-state index >= 15 is 0 Å². The molecule has 1 atom stereocenters. The number of carbonyl (C=O) groups excluding carboxylic acids is 1. The first kappa shape index (κ1) is 14.6. The molecule has 2 amide bonds. The summed E-state index contributed by atoms with van der Waals surface area (Å²) in [6.45, 7) is 0.240. The molecule has 0 unspecified atom stereocenters. The summed E-state index contributed by atoms with van der Waals surface area (Å²) in [5.41, 5.74) is 0.666. The second kappa shape index (κ2) is 6.13. The third-order valence-corrected chi connectivity index (χ3v) is 4.06. The van der Waals surface area contributed by atoms with E-state index in [0.717, 1.165) is 0 Å². The number of halogens is 1. The van der Waals surface area contributed by atoms with Gasteiger partial charge < -0.3 is 14.9 Å². The Labute approximate surface area is 120 Å². The van der Waals surface area contributed by atoms with Crippen molar-refractivity contribution in [2.75, 3.05) is 18.7 Å². The summed E-state index contributed by atoms with van der Waals surface area (Å²) in [4.78, 5) is 26.0. The maximum Gasteiger partial charge on any atom is 0.327 e. The van der Waals surface area contributed by atoms with Gasteiger partial charge in [-0.3, -0.25) is 0 Å². The number of urea groups is 1. The highest BCUT2D eigenvalue weighted by molar-refractivity contribution is 7.99. The molecule has 0 radical (unpaired) electrons. The van der Waals surface area contributed by atoms with Crippen molar-refractivity contribution >= 4 is 23.8 Å². The minimum absolute atomic E-state index is 0.240. The Hall–Kier alpha value is -1.76. The number of hydrogen-bond acceptors (Lipinski definition) is 3. The van der Waals surface area contributed by atoms with Crippen molar-refractivity contribution in [3.8, 4) is 0 Å². The summed E-state index contributed by atoms with van der Waals surface area (Å²) < 4.78 is 13.1. The quantitative estimate of drug-likeness (QED) is 0.925. The van der Waals surface area contributed by atoms with E-state index in [0.29, 0.717) is 17.2 Å². The number of thioether (sulfide) groups is 1. The molecule has 7 heteroatoms. The van der Waals surface area contributed by atoms with Crippen LogP contribution in [0.15, 0.2) is 24.3 Å². The fourth-order valence-electron chi connectivity index (χ4n) is 2.03. The van der Waals surface area contributed by atoms with Gasteiger partial charge in [-0.2, -0.15) is 0 Å². The molecule has 0 bridgehead atoms. The molecule has 1 aliphatic rings. The first-order chi connectivity index (χ1) is 9.49. The van der Waals surface area contributed by atoms with Gasteiger partial charge in [-0.15, -0.1) is 11.8 Å². The van der Waals surface area contributed by atoms with E-state index in [1.54, 1.807) is 19.2 Å². The van der Waals surface area contributed by atoms with E-state index in [9.17, 15) is 14.0 Å². The molecule has 0 aliphatic carbocycles. The average molecular weight is 298 g/mol. The van der Waals surface area contributed by atoms with Crippen molar-refractivity contribution in [3.05, 3.63) is 35.6 Å². The Balaban J connectivity index is 2.03. The highest BCUT2D eigenvalue weighted by Crippen LogP contribution is 2.22. The van der Waals surface area contributed by atoms with E-state index < -0.39 is 12.0 Å². The minimum Gasteiger partial charge on any atom is -0.480 e. The highest BCUT2D eigenvalue weighted by Gasteiger charge is 2.35. The van der Waals surface area contributed by atoms with E-state index in [1.165, 1.54) is 33.7 Å². The monoisotopic (exact) mass is 298 g/mol. The van der Waals surface area contributed by atoms with Crippen LogP contribution in [0.3, 0.4) is 0 Å². The van der Waals surface area contributed by atoms with Gasteiger partial charge in [0.25, 0.3) is 0 Å². The van der Waals surface area contributed by atoms with Crippen molar-refractivity contribution < 1.29 is 19.1 Å². The third-order valence-electron chi connectivity index (χ3n) is 3.05. The molecule has 1 heterocycles. The van der Waals surface area contributed by atoms with Gasteiger partial charge in [0.15, 0.2) is 0 Å². The number of carboxylic acids is 1. The van der Waals surface area contributed by atoms with Gasteiger partial charge in [0.05, 0.1) is 5.88 Å². The Morgan fingerprint density at radius 1 is 1.55 bits per heavy atom. The summed E-state index contributed by atoms with van der Waals surface area (Å²) in [6, 6.07) is 4.85. The largest absolute Gasteiger partial charge is 0.480 e. The van der Waals surface area contributed by atoms with Gasteiger partial charge in [0.1, 0.15) is 11.9 Å². The van der Waals surface area contributed by atoms with E-state index in [2.05, 4.69) is 0 Å². The molecular weight excluding hydrogens is 283 g/mol. The molecule has 5 nitrogen and oxygen atoms in total. The molecule has 1 aromatic carbocycles. The second-order valence-corrected chi connectivity index (χ2v) is 5.59. The van der Waals surface area contributed by atoms with Crippen LogP contribution in [0.5, 0.6) is 0 Å². The summed E-state index contributed by atoms with van der Waals surface area (Å²) in [5.74, 6) is -0.593. The Bertz CT molecular complexity index is 526. The van der Waals surface area contributed by atoms with Crippen LogP contribution in [0.25, 0.3) is 0 Å². The molecule has 1 aromatic rings. The number of rotatable bonds is 3. The maximum atomic E-state index is 13.1. The molecule has 108 valence electrons. The van der Waals surface area contributed by atoms with Crippen molar-refractivity contribution in [1.82, 2.24) is 9.80 Å². The maximum absolute atomic E-state index is 13.1. The standard InChI is InChI=1S/C13H15FN2O3S/c1-15(6-9-3-2-4-10(14)5-9)13(19)16-8-20-7-11(16)12(17)18/h2-5,11H,6-8H2,1H3,(H,17,18)/t11-/m0/s1. The van der Waals surface area contributed by atoms with Crippen LogP contribution in [0.4, 0.5) is 9.18 Å². The lowest BCUT2D eigenvalue weighted by Gasteiger charge is -2.27. The lowest BCUT2D eigenvalue weighted by molar-refractivity contribution is -0.140. The molecule has 1 aliphatic heterocycles. The molecule has 1 N–H and O–H groups in total. The Morgan fingerprint density at radius 2 is 2.30 bits per heavy atom. The van der Waals surface area contributed by atoms with Crippen molar-refractivity contribution in [3.63, 3.8) is 0 Å². The number of carboxylic acid groups (broad SMARTS) is 1. The molecule has 0 saturated carbocycles. The third kappa shape index (κ3) is 3.22. The van der Waals surface area contributed by atoms with E-state index in [-0.39, 0.29) is 18.4 Å². The predicted molar refractivity (Wildman–Crippen MR) is 73.9 cm³/mol. The molecule has 20 heavy (non-hydrogen) atoms. The fourth-order valence-corrected chi connectivity index (χ4v) is 3.17. The predicted octanol–water partition coefficient (Wildman–Crippen LogP) is 1.84. The van der Waals surface area contributed by atoms with Crippen LogP contribution < -0.4 is 0 Å². The van der Waals surface area contributed by atoms with Gasteiger partial charge in [0.2, 0.25) is 0 Å². The fraction of sp³-hybridized carbons (Fsp3) is 0.385. The number of amides is 2. The average Bonchev–Trinajstić information content (AvgIpc) is 2.87. The lowest BCUT2D eigenvalue weighted by atomic mass is 10.2. The van der Waals surface area contributed by atoms with Crippen LogP contribution in [0.2, 0.25) is 0 Å². The second-order valence-electron chi connectivity index (χ2n) is 4.59. The first-order valence-electron chi connectivity index (χ1n) is 6.06. The topological polar surface area (TPSA) is 60.9 Å². The first-order valence-corrected chi connectivity index (χ1v) is 7.21. The molecule has 0 spiro atoms. The zero-order valence-corrected chi connectivity index (χ0v) is 11.8. The van der Waals surface area contributed by atoms with Crippen LogP contribution in [0, 0.1) is 5.82 Å². The summed E-state index contributed by atoms with van der Waals surface area (Å²) in [7, 11) is 1.58. The zero-order valence-electron chi connectivity index (χ0n) is 11.0. The van der Waals surface area contributed by atoms with Gasteiger partial charge in [-0.25, -0.2) is 14.0 Å². The van der Waals surface area contributed by atoms with E-state index in [1.807, 2.05) is 0 Å². The summed E-state index contributed by atoms with van der Waals surface area (Å²) in [6.07, 6.45) is 0. The number of aliphatic carboxylic acids is 1. The number of carbonyl (C=O) groups is 2. The molecule has 1 saturated heterocycles. The van der Waals surface area contributed by atoms with Crippen LogP contribution in [0.1, 0.15) is 5.56 Å². The lowest BCUT2D eigenvalue weighted by Crippen LogP contribution is -2.47. The molecule has 0 aromatic heterocycles. The van der Waals surface area contributed by atoms with Gasteiger partial charge in [-0.05, 0) is 17.7 Å². The van der Waals surface area contributed by atoms with Crippen molar-refractivity contribution in [2.24, 2.45) is 0 Å². The molecule has 1 fully saturated rings. The van der Waals surface area contributed by atoms with Crippen LogP contribution >= 0.6 is 11.8 Å². The smallest absolute Gasteiger partial charge is 0.327 e. The summed E-state index contributed by atoms with van der Waals surface area (Å²) in [5, 5.41) is 9.07. The number of benzene rings is 1. The minimum atomic E-state index is -0.998. The highest BCUT2D eigenvalue weighted by atomic mass is 32.2. The van der Waals surface area contributed by atoms with Crippen LogP contribution in [-0.2, 0) is 11.3 Å². The molecule has 2 rings (SSSR count). The number of hydrogen-bond donors (Lipinski definition) is 1. The summed E-state index contributed by atoms with van der Waals surface area (Å²) >= 11 is 1.41.